The zero-order valence-corrected chi connectivity index (χ0v) is 10.2. The summed E-state index contributed by atoms with van der Waals surface area (Å²) in [7, 11) is 2.31. The molecule has 5 N–H and O–H groups in total. The number of carbonyl (C=O) groups excluding carboxylic acids is 1. The van der Waals surface area contributed by atoms with E-state index in [1.165, 1.54) is 0 Å². The molecular formula is C8H21N4OP. The van der Waals surface area contributed by atoms with Crippen LogP contribution in [0.15, 0.2) is 0 Å². The van der Waals surface area contributed by atoms with Gasteiger partial charge in [-0.1, -0.05) is 9.39 Å². The molecule has 5 nitrogen and oxygen atoms in total. The second-order valence-corrected chi connectivity index (χ2v) is 4.04. The summed E-state index contributed by atoms with van der Waals surface area (Å²) in [5.74, 6) is -0.335. The maximum absolute atomic E-state index is 10.9. The fourth-order valence-corrected chi connectivity index (χ4v) is 1.29. The number of hydrogen-bond acceptors (Lipinski definition) is 4. The third-order valence-corrected chi connectivity index (χ3v) is 2.15. The Hall–Kier alpha value is -0.220. The molecule has 0 aromatic rings. The van der Waals surface area contributed by atoms with Crippen LogP contribution in [0.5, 0.6) is 0 Å². The predicted octanol–water partition coefficient (Wildman–Crippen LogP) is -0.499. The first kappa shape index (κ1) is 13.8. The van der Waals surface area contributed by atoms with Crippen LogP contribution in [0.3, 0.4) is 0 Å². The molecule has 0 spiro atoms. The smallest absolute Gasteiger partial charge is 0.234 e. The van der Waals surface area contributed by atoms with E-state index in [1.54, 1.807) is 0 Å². The fraction of sp³-hybridized carbons (Fsp3) is 0.875. The van der Waals surface area contributed by atoms with Crippen molar-refractivity contribution in [1.82, 2.24) is 15.9 Å². The van der Waals surface area contributed by atoms with Gasteiger partial charge < -0.3 is 5.73 Å². The van der Waals surface area contributed by atoms with E-state index in [4.69, 9.17) is 5.73 Å². The van der Waals surface area contributed by atoms with Gasteiger partial charge in [-0.25, -0.2) is 0 Å². The van der Waals surface area contributed by atoms with Crippen LogP contribution < -0.4 is 21.7 Å². The summed E-state index contributed by atoms with van der Waals surface area (Å²) < 4.78 is 0. The molecule has 0 fully saturated rings. The molecule has 0 aromatic heterocycles. The molecular weight excluding hydrogens is 199 g/mol. The van der Waals surface area contributed by atoms with E-state index in [0.717, 1.165) is 0 Å². The average Bonchev–Trinajstić information content (AvgIpc) is 2.10. The molecule has 0 aliphatic rings. The van der Waals surface area contributed by atoms with Crippen LogP contribution in [0.2, 0.25) is 0 Å². The first-order valence-electron chi connectivity index (χ1n) is 4.73. The van der Waals surface area contributed by atoms with Gasteiger partial charge in [0.15, 0.2) is 0 Å². The normalized spacial score (nSPS) is 15.5. The standard InChI is InChI=1S/C8H21N4OP/c1-5(2)10-11-6(3)4-7(12-14)8(9)13/h5-7,10-12H,4,14H2,1-3H3,(H2,9,13). The third-order valence-electron chi connectivity index (χ3n) is 1.75. The highest BCUT2D eigenvalue weighted by Gasteiger charge is 2.16. The van der Waals surface area contributed by atoms with Crippen molar-refractivity contribution in [2.24, 2.45) is 5.73 Å². The van der Waals surface area contributed by atoms with Crippen LogP contribution in [0.4, 0.5) is 0 Å². The minimum atomic E-state index is -0.335. The number of amides is 1. The molecule has 1 amide bonds. The number of nitrogens with one attached hydrogen (secondary N) is 3. The number of carbonyl (C=O) groups is 1. The van der Waals surface area contributed by atoms with Crippen molar-refractivity contribution in [3.05, 3.63) is 0 Å². The summed E-state index contributed by atoms with van der Waals surface area (Å²) in [6.07, 6.45) is 0.651. The third kappa shape index (κ3) is 6.27. The fourth-order valence-electron chi connectivity index (χ4n) is 0.988. The first-order valence-corrected chi connectivity index (χ1v) is 5.31. The Morgan fingerprint density at radius 3 is 2.29 bits per heavy atom. The number of hydrazine groups is 1. The van der Waals surface area contributed by atoms with Crippen LogP contribution in [-0.4, -0.2) is 24.0 Å². The van der Waals surface area contributed by atoms with Gasteiger partial charge in [0, 0.05) is 12.1 Å². The molecule has 0 radical (unpaired) electrons. The molecule has 0 aromatic carbocycles. The van der Waals surface area contributed by atoms with Gasteiger partial charge in [0.2, 0.25) is 5.91 Å². The molecule has 6 heteroatoms. The topological polar surface area (TPSA) is 79.2 Å². The molecule has 0 aliphatic heterocycles. The number of hydrogen-bond donors (Lipinski definition) is 4. The Labute approximate surface area is 87.8 Å². The number of primary amides is 1. The lowest BCUT2D eigenvalue weighted by atomic mass is 10.1. The Morgan fingerprint density at radius 2 is 1.93 bits per heavy atom. The monoisotopic (exact) mass is 220 g/mol. The average molecular weight is 220 g/mol. The molecule has 0 saturated heterocycles. The molecule has 84 valence electrons. The summed E-state index contributed by atoms with van der Waals surface area (Å²) in [5, 5.41) is 2.79. The highest BCUT2D eigenvalue weighted by molar-refractivity contribution is 7.13. The van der Waals surface area contributed by atoms with Crippen LogP contribution in [0.1, 0.15) is 27.2 Å². The molecule has 0 bridgehead atoms. The SMILES string of the molecule is CC(C)NNC(C)CC(NP)C(N)=O. The van der Waals surface area contributed by atoms with Gasteiger partial charge in [-0.2, -0.15) is 0 Å². The minimum absolute atomic E-state index is 0.183. The lowest BCUT2D eigenvalue weighted by molar-refractivity contribution is -0.119. The van der Waals surface area contributed by atoms with Gasteiger partial charge in [0.05, 0.1) is 6.04 Å². The highest BCUT2D eigenvalue weighted by atomic mass is 31.0. The summed E-state index contributed by atoms with van der Waals surface area (Å²) in [4.78, 5) is 10.9. The van der Waals surface area contributed by atoms with Crippen molar-refractivity contribution in [3.63, 3.8) is 0 Å². The molecule has 0 rings (SSSR count). The summed E-state index contributed by atoms with van der Waals surface area (Å²) in [6.45, 7) is 6.08. The molecule has 3 atom stereocenters. The number of nitrogens with two attached hydrogens (primary N) is 1. The minimum Gasteiger partial charge on any atom is -0.368 e. The van der Waals surface area contributed by atoms with E-state index in [1.807, 2.05) is 20.8 Å². The van der Waals surface area contributed by atoms with Crippen molar-refractivity contribution < 1.29 is 4.79 Å². The van der Waals surface area contributed by atoms with E-state index in [2.05, 4.69) is 25.3 Å². The summed E-state index contributed by atoms with van der Waals surface area (Å²) in [6, 6.07) is 0.243. The van der Waals surface area contributed by atoms with Gasteiger partial charge in [0.25, 0.3) is 0 Å². The molecule has 3 unspecified atom stereocenters. The van der Waals surface area contributed by atoms with E-state index < -0.39 is 0 Å². The van der Waals surface area contributed by atoms with E-state index in [9.17, 15) is 4.79 Å². The molecule has 14 heavy (non-hydrogen) atoms. The zero-order valence-electron chi connectivity index (χ0n) is 9.00. The van der Waals surface area contributed by atoms with Crippen molar-refractivity contribution >= 4 is 15.3 Å². The Balaban J connectivity index is 3.79. The Kier molecular flexibility index (Phi) is 7.01. The second kappa shape index (κ2) is 7.12. The Morgan fingerprint density at radius 1 is 1.36 bits per heavy atom. The predicted molar refractivity (Wildman–Crippen MR) is 61.3 cm³/mol. The van der Waals surface area contributed by atoms with Crippen molar-refractivity contribution in [1.29, 1.82) is 0 Å². The van der Waals surface area contributed by atoms with Gasteiger partial charge in [-0.3, -0.25) is 20.7 Å². The molecule has 0 heterocycles. The van der Waals surface area contributed by atoms with Gasteiger partial charge in [-0.05, 0) is 27.2 Å². The van der Waals surface area contributed by atoms with E-state index in [0.29, 0.717) is 12.5 Å². The zero-order chi connectivity index (χ0) is 11.1. The summed E-state index contributed by atoms with van der Waals surface area (Å²) >= 11 is 0. The van der Waals surface area contributed by atoms with E-state index in [-0.39, 0.29) is 18.0 Å². The lowest BCUT2D eigenvalue weighted by Crippen LogP contribution is -2.47. The quantitative estimate of drug-likeness (QED) is 0.344. The van der Waals surface area contributed by atoms with Crippen LogP contribution in [0, 0.1) is 0 Å². The lowest BCUT2D eigenvalue weighted by Gasteiger charge is -2.20. The highest BCUT2D eigenvalue weighted by Crippen LogP contribution is 1.98. The van der Waals surface area contributed by atoms with E-state index >= 15 is 0 Å². The Bertz CT molecular complexity index is 177. The van der Waals surface area contributed by atoms with Crippen LogP contribution >= 0.6 is 9.39 Å². The second-order valence-electron chi connectivity index (χ2n) is 3.70. The summed E-state index contributed by atoms with van der Waals surface area (Å²) in [5.41, 5.74) is 11.4. The maximum atomic E-state index is 10.9. The maximum Gasteiger partial charge on any atom is 0.234 e. The number of rotatable bonds is 7. The van der Waals surface area contributed by atoms with Crippen molar-refractivity contribution in [2.45, 2.75) is 45.3 Å². The van der Waals surface area contributed by atoms with Crippen LogP contribution in [0.25, 0.3) is 0 Å². The largest absolute Gasteiger partial charge is 0.368 e. The van der Waals surface area contributed by atoms with Crippen molar-refractivity contribution in [2.75, 3.05) is 0 Å². The molecule has 0 saturated carbocycles. The van der Waals surface area contributed by atoms with Crippen LogP contribution in [-0.2, 0) is 4.79 Å². The first-order chi connectivity index (χ1) is 6.47. The van der Waals surface area contributed by atoms with Gasteiger partial charge in [-0.15, -0.1) is 0 Å². The van der Waals surface area contributed by atoms with Gasteiger partial charge in [0.1, 0.15) is 0 Å². The van der Waals surface area contributed by atoms with Gasteiger partial charge >= 0.3 is 0 Å². The molecule has 0 aliphatic carbocycles. The van der Waals surface area contributed by atoms with Crippen molar-refractivity contribution in [3.8, 4) is 0 Å².